The average Bonchev–Trinajstić information content (AvgIpc) is 3.34. The largest absolute Gasteiger partial charge is 0.386 e. The predicted octanol–water partition coefficient (Wildman–Crippen LogP) is 3.65. The Labute approximate surface area is 186 Å². The first-order chi connectivity index (χ1) is 15.2. The maximum absolute atomic E-state index is 12.8. The monoisotopic (exact) mass is 427 g/mol. The standard InChI is InChI=1S/C26H25N3O3/c1-26(2,31)17-8-10-19-21(12-17)23-20-11-16(7-9-18(20)22(19)32-23)25(30)29-13-14-3-5-15(6-4-14)24(27)28/h3-12,22-23,31H,13H2,1-2H3,(H3,27,28)(H,29,30). The summed E-state index contributed by atoms with van der Waals surface area (Å²) in [5.74, 6) is -0.136. The molecule has 2 aliphatic heterocycles. The van der Waals surface area contributed by atoms with Gasteiger partial charge in [0.15, 0.2) is 0 Å². The highest BCUT2D eigenvalue weighted by Gasteiger charge is 2.43. The summed E-state index contributed by atoms with van der Waals surface area (Å²) in [5.41, 5.74) is 11.9. The maximum atomic E-state index is 12.8. The highest BCUT2D eigenvalue weighted by Crippen LogP contribution is 2.54. The van der Waals surface area contributed by atoms with Gasteiger partial charge in [-0.2, -0.15) is 0 Å². The van der Waals surface area contributed by atoms with E-state index < -0.39 is 5.60 Å². The van der Waals surface area contributed by atoms with Gasteiger partial charge >= 0.3 is 0 Å². The van der Waals surface area contributed by atoms with Gasteiger partial charge in [-0.3, -0.25) is 10.2 Å². The molecule has 6 heteroatoms. The molecule has 5 N–H and O–H groups in total. The molecule has 0 radical (unpaired) electrons. The van der Waals surface area contributed by atoms with E-state index in [0.717, 1.165) is 33.4 Å². The lowest BCUT2D eigenvalue weighted by Gasteiger charge is -2.22. The smallest absolute Gasteiger partial charge is 0.251 e. The van der Waals surface area contributed by atoms with Crippen LogP contribution < -0.4 is 11.1 Å². The number of benzene rings is 3. The lowest BCUT2D eigenvalue weighted by Crippen LogP contribution is -2.23. The lowest BCUT2D eigenvalue weighted by atomic mass is 9.83. The molecule has 0 spiro atoms. The number of nitrogens with one attached hydrogen (secondary N) is 2. The number of carbonyl (C=O) groups excluding carboxylic acids is 1. The quantitative estimate of drug-likeness (QED) is 0.368. The van der Waals surface area contributed by atoms with E-state index in [1.807, 2.05) is 48.5 Å². The van der Waals surface area contributed by atoms with E-state index in [0.29, 0.717) is 17.7 Å². The summed E-state index contributed by atoms with van der Waals surface area (Å²) >= 11 is 0. The van der Waals surface area contributed by atoms with Gasteiger partial charge in [-0.05, 0) is 65.4 Å². The van der Waals surface area contributed by atoms with Gasteiger partial charge in [-0.1, -0.05) is 42.5 Å². The van der Waals surface area contributed by atoms with Gasteiger partial charge in [-0.15, -0.1) is 0 Å². The number of aliphatic hydroxyl groups is 1. The minimum absolute atomic E-state index is 0.0199. The molecule has 0 aliphatic carbocycles. The summed E-state index contributed by atoms with van der Waals surface area (Å²) < 4.78 is 6.23. The van der Waals surface area contributed by atoms with Crippen LogP contribution in [0.1, 0.15) is 75.4 Å². The van der Waals surface area contributed by atoms with Crippen molar-refractivity contribution in [3.05, 3.63) is 105 Å². The minimum Gasteiger partial charge on any atom is -0.386 e. The fourth-order valence-corrected chi connectivity index (χ4v) is 4.45. The Hall–Kier alpha value is -3.48. The molecule has 0 fully saturated rings. The van der Waals surface area contributed by atoms with Gasteiger partial charge in [0.2, 0.25) is 0 Å². The van der Waals surface area contributed by atoms with Gasteiger partial charge in [0.1, 0.15) is 18.0 Å². The van der Waals surface area contributed by atoms with Crippen LogP contribution in [-0.4, -0.2) is 16.8 Å². The van der Waals surface area contributed by atoms with Crippen molar-refractivity contribution in [2.75, 3.05) is 0 Å². The Morgan fingerprint density at radius 1 is 0.969 bits per heavy atom. The van der Waals surface area contributed by atoms with E-state index in [1.165, 1.54) is 0 Å². The van der Waals surface area contributed by atoms with E-state index >= 15 is 0 Å². The summed E-state index contributed by atoms with van der Waals surface area (Å²) in [4.78, 5) is 12.8. The third-order valence-corrected chi connectivity index (χ3v) is 6.26. The van der Waals surface area contributed by atoms with Crippen LogP contribution in [0.3, 0.4) is 0 Å². The van der Waals surface area contributed by atoms with Gasteiger partial charge in [-0.25, -0.2) is 0 Å². The predicted molar refractivity (Wildman–Crippen MR) is 122 cm³/mol. The third-order valence-electron chi connectivity index (χ3n) is 6.26. The van der Waals surface area contributed by atoms with Crippen LogP contribution in [0.4, 0.5) is 0 Å². The molecule has 3 aromatic rings. The molecular formula is C26H25N3O3. The Kier molecular flexibility index (Phi) is 4.65. The Morgan fingerprint density at radius 2 is 1.56 bits per heavy atom. The molecule has 2 aliphatic rings. The SMILES string of the molecule is CC(C)(O)c1ccc2c(c1)C1OC2c2ccc(C(=O)NCc3ccc(C(=N)N)cc3)cc21. The molecule has 32 heavy (non-hydrogen) atoms. The first kappa shape index (κ1) is 20.4. The second-order valence-corrected chi connectivity index (χ2v) is 8.94. The summed E-state index contributed by atoms with van der Waals surface area (Å²) in [5, 5.41) is 20.8. The number of hydrogen-bond donors (Lipinski definition) is 4. The van der Waals surface area contributed by atoms with Crippen molar-refractivity contribution >= 4 is 11.7 Å². The molecule has 2 atom stereocenters. The number of ether oxygens (including phenoxy) is 1. The molecule has 2 heterocycles. The third kappa shape index (κ3) is 3.38. The van der Waals surface area contributed by atoms with Crippen LogP contribution in [0, 0.1) is 5.41 Å². The molecule has 5 rings (SSSR count). The topological polar surface area (TPSA) is 108 Å². The number of hydrogen-bond acceptors (Lipinski definition) is 4. The number of amides is 1. The van der Waals surface area contributed by atoms with Crippen molar-refractivity contribution in [2.24, 2.45) is 5.73 Å². The van der Waals surface area contributed by atoms with Crippen LogP contribution >= 0.6 is 0 Å². The molecule has 6 nitrogen and oxygen atoms in total. The van der Waals surface area contributed by atoms with Crippen LogP contribution in [0.15, 0.2) is 60.7 Å². The maximum Gasteiger partial charge on any atom is 0.251 e. The zero-order valence-corrected chi connectivity index (χ0v) is 18.0. The van der Waals surface area contributed by atoms with Crippen LogP contribution in [0.25, 0.3) is 0 Å². The summed E-state index contributed by atoms with van der Waals surface area (Å²) in [7, 11) is 0. The van der Waals surface area contributed by atoms with Crippen LogP contribution in [0.2, 0.25) is 0 Å². The van der Waals surface area contributed by atoms with E-state index in [9.17, 15) is 9.90 Å². The molecule has 2 bridgehead atoms. The minimum atomic E-state index is -0.927. The lowest BCUT2D eigenvalue weighted by molar-refractivity contribution is 0.0777. The van der Waals surface area contributed by atoms with Gasteiger partial charge < -0.3 is 20.9 Å². The van der Waals surface area contributed by atoms with E-state index in [-0.39, 0.29) is 24.0 Å². The number of fused-ring (bicyclic) bond motifs is 8. The van der Waals surface area contributed by atoms with Crippen molar-refractivity contribution in [1.82, 2.24) is 5.32 Å². The van der Waals surface area contributed by atoms with Crippen molar-refractivity contribution in [3.8, 4) is 0 Å². The Balaban J connectivity index is 1.35. The van der Waals surface area contributed by atoms with Crippen molar-refractivity contribution in [1.29, 1.82) is 5.41 Å². The number of carbonyl (C=O) groups is 1. The molecule has 0 saturated carbocycles. The molecule has 1 amide bonds. The molecule has 0 saturated heterocycles. The summed E-state index contributed by atoms with van der Waals surface area (Å²) in [6.07, 6.45) is -0.350. The van der Waals surface area contributed by atoms with Gasteiger partial charge in [0, 0.05) is 17.7 Å². The van der Waals surface area contributed by atoms with Gasteiger partial charge in [0.25, 0.3) is 5.91 Å². The highest BCUT2D eigenvalue weighted by molar-refractivity contribution is 5.95. The highest BCUT2D eigenvalue weighted by atomic mass is 16.5. The summed E-state index contributed by atoms with van der Waals surface area (Å²) in [6, 6.07) is 19.0. The molecule has 162 valence electrons. The first-order valence-corrected chi connectivity index (χ1v) is 10.6. The molecule has 2 unspecified atom stereocenters. The molecular weight excluding hydrogens is 402 g/mol. The molecule has 0 aromatic heterocycles. The van der Waals surface area contributed by atoms with Crippen molar-refractivity contribution in [3.63, 3.8) is 0 Å². The average molecular weight is 428 g/mol. The number of nitrogen functional groups attached to an aromatic ring is 1. The molecule has 3 aromatic carbocycles. The fraction of sp³-hybridized carbons (Fsp3) is 0.231. The van der Waals surface area contributed by atoms with Crippen LogP contribution in [-0.2, 0) is 16.9 Å². The van der Waals surface area contributed by atoms with Crippen LogP contribution in [0.5, 0.6) is 0 Å². The number of rotatable bonds is 5. The van der Waals surface area contributed by atoms with Crippen molar-refractivity contribution in [2.45, 2.75) is 38.2 Å². The zero-order valence-electron chi connectivity index (χ0n) is 18.0. The Bertz CT molecular complexity index is 1240. The fourth-order valence-electron chi connectivity index (χ4n) is 4.45. The number of amidine groups is 1. The van der Waals surface area contributed by atoms with Crippen molar-refractivity contribution < 1.29 is 14.6 Å². The Morgan fingerprint density at radius 3 is 2.22 bits per heavy atom. The first-order valence-electron chi connectivity index (χ1n) is 10.6. The van der Waals surface area contributed by atoms with E-state index in [4.69, 9.17) is 15.9 Å². The summed E-state index contributed by atoms with van der Waals surface area (Å²) in [6.45, 7) is 3.92. The zero-order chi connectivity index (χ0) is 22.6. The second kappa shape index (κ2) is 7.29. The number of nitrogens with two attached hydrogens (primary N) is 1. The normalized spacial score (nSPS) is 18.2. The van der Waals surface area contributed by atoms with Gasteiger partial charge in [0.05, 0.1) is 5.60 Å². The van der Waals surface area contributed by atoms with E-state index in [1.54, 1.807) is 26.0 Å². The van der Waals surface area contributed by atoms with E-state index in [2.05, 4.69) is 5.32 Å². The second-order valence-electron chi connectivity index (χ2n) is 8.94.